The number of benzene rings is 2. The minimum absolute atomic E-state index is 0.0669. The van der Waals surface area contributed by atoms with Crippen molar-refractivity contribution in [3.8, 4) is 0 Å². The van der Waals surface area contributed by atoms with Crippen LogP contribution in [0, 0.1) is 6.92 Å². The van der Waals surface area contributed by atoms with Gasteiger partial charge < -0.3 is 5.32 Å². The highest BCUT2D eigenvalue weighted by Gasteiger charge is 2.04. The SMILES string of the molecule is Cc1ccc(CC(=O)Nc2ccc(C=O)cc2)cc1. The molecule has 96 valence electrons. The third kappa shape index (κ3) is 3.78. The molecule has 2 aromatic carbocycles. The van der Waals surface area contributed by atoms with E-state index >= 15 is 0 Å². The van der Waals surface area contributed by atoms with Gasteiger partial charge in [-0.3, -0.25) is 9.59 Å². The van der Waals surface area contributed by atoms with E-state index in [1.807, 2.05) is 31.2 Å². The lowest BCUT2D eigenvalue weighted by Gasteiger charge is -2.05. The maximum absolute atomic E-state index is 11.8. The van der Waals surface area contributed by atoms with Gasteiger partial charge in [0.2, 0.25) is 5.91 Å². The quantitative estimate of drug-likeness (QED) is 0.851. The topological polar surface area (TPSA) is 46.2 Å². The average Bonchev–Trinajstić information content (AvgIpc) is 2.42. The van der Waals surface area contributed by atoms with Crippen molar-refractivity contribution >= 4 is 17.9 Å². The molecule has 2 rings (SSSR count). The predicted octanol–water partition coefficient (Wildman–Crippen LogP) is 2.99. The van der Waals surface area contributed by atoms with Gasteiger partial charge in [0.1, 0.15) is 6.29 Å². The molecule has 1 amide bonds. The Morgan fingerprint density at radius 1 is 1.05 bits per heavy atom. The second kappa shape index (κ2) is 5.96. The number of rotatable bonds is 4. The summed E-state index contributed by atoms with van der Waals surface area (Å²) in [4.78, 5) is 22.4. The number of hydrogen-bond acceptors (Lipinski definition) is 2. The molecule has 0 atom stereocenters. The largest absolute Gasteiger partial charge is 0.326 e. The first-order valence-corrected chi connectivity index (χ1v) is 6.08. The van der Waals surface area contributed by atoms with E-state index in [2.05, 4.69) is 5.32 Å². The summed E-state index contributed by atoms with van der Waals surface area (Å²) < 4.78 is 0. The van der Waals surface area contributed by atoms with E-state index < -0.39 is 0 Å². The van der Waals surface area contributed by atoms with Crippen molar-refractivity contribution in [3.63, 3.8) is 0 Å². The van der Waals surface area contributed by atoms with E-state index in [-0.39, 0.29) is 5.91 Å². The standard InChI is InChI=1S/C16H15NO2/c1-12-2-4-13(5-3-12)10-16(19)17-15-8-6-14(11-18)7-9-15/h2-9,11H,10H2,1H3,(H,17,19). The van der Waals surface area contributed by atoms with Crippen LogP contribution in [0.4, 0.5) is 5.69 Å². The smallest absolute Gasteiger partial charge is 0.228 e. The molecule has 0 heterocycles. The Morgan fingerprint density at radius 2 is 1.68 bits per heavy atom. The molecule has 3 nitrogen and oxygen atoms in total. The lowest BCUT2D eigenvalue weighted by Crippen LogP contribution is -2.14. The lowest BCUT2D eigenvalue weighted by atomic mass is 10.1. The van der Waals surface area contributed by atoms with Gasteiger partial charge in [-0.15, -0.1) is 0 Å². The van der Waals surface area contributed by atoms with Crippen molar-refractivity contribution in [1.29, 1.82) is 0 Å². The van der Waals surface area contributed by atoms with Crippen LogP contribution in [0.15, 0.2) is 48.5 Å². The van der Waals surface area contributed by atoms with Crippen molar-refractivity contribution in [1.82, 2.24) is 0 Å². The van der Waals surface area contributed by atoms with Gasteiger partial charge in [0.05, 0.1) is 6.42 Å². The van der Waals surface area contributed by atoms with Crippen molar-refractivity contribution in [3.05, 3.63) is 65.2 Å². The number of hydrogen-bond donors (Lipinski definition) is 1. The molecular weight excluding hydrogens is 238 g/mol. The average molecular weight is 253 g/mol. The van der Waals surface area contributed by atoms with Crippen molar-refractivity contribution in [2.75, 3.05) is 5.32 Å². The Balaban J connectivity index is 1.96. The fourth-order valence-electron chi connectivity index (χ4n) is 1.74. The highest BCUT2D eigenvalue weighted by atomic mass is 16.1. The summed E-state index contributed by atoms with van der Waals surface area (Å²) in [7, 11) is 0. The van der Waals surface area contributed by atoms with Crippen LogP contribution >= 0.6 is 0 Å². The summed E-state index contributed by atoms with van der Waals surface area (Å²) in [6.45, 7) is 2.01. The van der Waals surface area contributed by atoms with Crippen LogP contribution in [0.5, 0.6) is 0 Å². The summed E-state index contributed by atoms with van der Waals surface area (Å²) in [6.07, 6.45) is 1.12. The second-order valence-electron chi connectivity index (χ2n) is 4.45. The van der Waals surface area contributed by atoms with E-state index in [1.54, 1.807) is 24.3 Å². The zero-order valence-electron chi connectivity index (χ0n) is 10.7. The summed E-state index contributed by atoms with van der Waals surface area (Å²) in [6, 6.07) is 14.7. The van der Waals surface area contributed by atoms with Gasteiger partial charge in [-0.05, 0) is 36.8 Å². The number of amides is 1. The minimum atomic E-state index is -0.0669. The van der Waals surface area contributed by atoms with E-state index in [9.17, 15) is 9.59 Å². The van der Waals surface area contributed by atoms with Crippen LogP contribution in [0.25, 0.3) is 0 Å². The molecule has 0 unspecified atom stereocenters. The van der Waals surface area contributed by atoms with Crippen LogP contribution in [0.3, 0.4) is 0 Å². The number of aldehydes is 1. The van der Waals surface area contributed by atoms with Crippen LogP contribution in [0.1, 0.15) is 21.5 Å². The number of nitrogens with one attached hydrogen (secondary N) is 1. The molecule has 2 aromatic rings. The third-order valence-electron chi connectivity index (χ3n) is 2.82. The first kappa shape index (κ1) is 13.0. The normalized spacial score (nSPS) is 9.95. The minimum Gasteiger partial charge on any atom is -0.326 e. The number of carbonyl (C=O) groups excluding carboxylic acids is 2. The van der Waals surface area contributed by atoms with E-state index in [0.717, 1.165) is 11.8 Å². The molecule has 0 spiro atoms. The Bertz CT molecular complexity index is 571. The maximum atomic E-state index is 11.8. The molecule has 1 N–H and O–H groups in total. The van der Waals surface area contributed by atoms with Gasteiger partial charge in [0, 0.05) is 11.3 Å². The number of carbonyl (C=O) groups is 2. The molecule has 0 aliphatic heterocycles. The molecule has 0 radical (unpaired) electrons. The van der Waals surface area contributed by atoms with Crippen molar-refractivity contribution in [2.45, 2.75) is 13.3 Å². The van der Waals surface area contributed by atoms with E-state index in [0.29, 0.717) is 17.7 Å². The molecule has 3 heteroatoms. The summed E-state index contributed by atoms with van der Waals surface area (Å²) >= 11 is 0. The summed E-state index contributed by atoms with van der Waals surface area (Å²) in [5, 5.41) is 2.80. The molecule has 19 heavy (non-hydrogen) atoms. The van der Waals surface area contributed by atoms with Crippen molar-refractivity contribution in [2.24, 2.45) is 0 Å². The molecule has 0 bridgehead atoms. The Morgan fingerprint density at radius 3 is 2.26 bits per heavy atom. The van der Waals surface area contributed by atoms with Gasteiger partial charge in [0.25, 0.3) is 0 Å². The summed E-state index contributed by atoms with van der Waals surface area (Å²) in [5.41, 5.74) is 3.44. The molecule has 0 saturated heterocycles. The first-order chi connectivity index (χ1) is 9.17. The van der Waals surface area contributed by atoms with Gasteiger partial charge in [0.15, 0.2) is 0 Å². The summed E-state index contributed by atoms with van der Waals surface area (Å²) in [5.74, 6) is -0.0669. The molecule has 0 aliphatic rings. The number of anilines is 1. The fraction of sp³-hybridized carbons (Fsp3) is 0.125. The predicted molar refractivity (Wildman–Crippen MR) is 75.3 cm³/mol. The fourth-order valence-corrected chi connectivity index (χ4v) is 1.74. The van der Waals surface area contributed by atoms with Crippen molar-refractivity contribution < 1.29 is 9.59 Å². The van der Waals surface area contributed by atoms with Gasteiger partial charge in [-0.1, -0.05) is 29.8 Å². The first-order valence-electron chi connectivity index (χ1n) is 6.08. The highest BCUT2D eigenvalue weighted by molar-refractivity contribution is 5.92. The van der Waals surface area contributed by atoms with Crippen LogP contribution < -0.4 is 5.32 Å². The third-order valence-corrected chi connectivity index (χ3v) is 2.82. The van der Waals surface area contributed by atoms with Gasteiger partial charge in [-0.25, -0.2) is 0 Å². The van der Waals surface area contributed by atoms with Gasteiger partial charge in [-0.2, -0.15) is 0 Å². The molecular formula is C16H15NO2. The molecule has 0 fully saturated rings. The maximum Gasteiger partial charge on any atom is 0.228 e. The lowest BCUT2D eigenvalue weighted by molar-refractivity contribution is -0.115. The monoisotopic (exact) mass is 253 g/mol. The Kier molecular flexibility index (Phi) is 4.08. The number of aryl methyl sites for hydroxylation is 1. The van der Waals surface area contributed by atoms with Crippen LogP contribution in [-0.2, 0) is 11.2 Å². The Hall–Kier alpha value is -2.42. The zero-order chi connectivity index (χ0) is 13.7. The molecule has 0 aliphatic carbocycles. The van der Waals surface area contributed by atoms with E-state index in [4.69, 9.17) is 0 Å². The highest BCUT2D eigenvalue weighted by Crippen LogP contribution is 2.10. The van der Waals surface area contributed by atoms with Crippen LogP contribution in [0.2, 0.25) is 0 Å². The molecule has 0 saturated carbocycles. The second-order valence-corrected chi connectivity index (χ2v) is 4.45. The zero-order valence-corrected chi connectivity index (χ0v) is 10.7. The molecule has 0 aromatic heterocycles. The van der Waals surface area contributed by atoms with Gasteiger partial charge >= 0.3 is 0 Å². The van der Waals surface area contributed by atoms with Crippen LogP contribution in [-0.4, -0.2) is 12.2 Å². The Labute approximate surface area is 112 Å². The van der Waals surface area contributed by atoms with E-state index in [1.165, 1.54) is 5.56 Å².